The molecule has 0 saturated carbocycles. The van der Waals surface area contributed by atoms with Crippen LogP contribution in [0, 0.1) is 11.8 Å². The largest absolute Gasteiger partial charge is 0.329 e. The maximum absolute atomic E-state index is 11.2. The molecular weight excluding hydrogens is 138 g/mol. The predicted octanol–water partition coefficient (Wildman–Crippen LogP) is 1.02. The molecule has 60 valence electrons. The van der Waals surface area contributed by atoms with Gasteiger partial charge in [0.15, 0.2) is 0 Å². The second kappa shape index (κ2) is 3.43. The van der Waals surface area contributed by atoms with Crippen LogP contribution in [0.1, 0.15) is 26.7 Å². The summed E-state index contributed by atoms with van der Waals surface area (Å²) in [5.74, 6) is 5.16. The van der Waals surface area contributed by atoms with Crippen molar-refractivity contribution in [1.82, 2.24) is 4.90 Å². The summed E-state index contributed by atoms with van der Waals surface area (Å²) in [4.78, 5) is 13.1. The van der Waals surface area contributed by atoms with E-state index in [0.29, 0.717) is 6.04 Å². The fourth-order valence-corrected chi connectivity index (χ4v) is 1.41. The van der Waals surface area contributed by atoms with E-state index >= 15 is 0 Å². The Morgan fingerprint density at radius 3 is 2.82 bits per heavy atom. The molecule has 0 bridgehead atoms. The van der Waals surface area contributed by atoms with E-state index in [4.69, 9.17) is 0 Å². The van der Waals surface area contributed by atoms with Crippen LogP contribution in [0.5, 0.6) is 0 Å². The summed E-state index contributed by atoms with van der Waals surface area (Å²) in [5.41, 5.74) is 0. The van der Waals surface area contributed by atoms with Crippen molar-refractivity contribution in [2.45, 2.75) is 32.7 Å². The maximum atomic E-state index is 11.2. The van der Waals surface area contributed by atoms with Gasteiger partial charge in [0, 0.05) is 12.6 Å². The normalized spacial score (nSPS) is 22.7. The van der Waals surface area contributed by atoms with Crippen molar-refractivity contribution in [2.75, 3.05) is 6.54 Å². The Morgan fingerprint density at radius 2 is 2.36 bits per heavy atom. The van der Waals surface area contributed by atoms with Gasteiger partial charge in [0.1, 0.15) is 0 Å². The summed E-state index contributed by atoms with van der Waals surface area (Å²) in [6.07, 6.45) is 2.25. The van der Waals surface area contributed by atoms with Gasteiger partial charge in [0.2, 0.25) is 0 Å². The Labute approximate surface area is 67.6 Å². The Hall–Kier alpha value is -0.970. The third kappa shape index (κ3) is 1.74. The first-order valence-corrected chi connectivity index (χ1v) is 3.99. The zero-order valence-corrected chi connectivity index (χ0v) is 7.05. The third-order valence-corrected chi connectivity index (χ3v) is 2.05. The molecule has 1 amide bonds. The van der Waals surface area contributed by atoms with Crippen LogP contribution < -0.4 is 0 Å². The molecule has 0 N–H and O–H groups in total. The lowest BCUT2D eigenvalue weighted by Crippen LogP contribution is -2.32. The number of carbonyl (C=O) groups excluding carboxylic acids is 1. The van der Waals surface area contributed by atoms with Crippen LogP contribution in [-0.2, 0) is 4.79 Å². The van der Waals surface area contributed by atoms with Gasteiger partial charge in [0.25, 0.3) is 5.91 Å². The van der Waals surface area contributed by atoms with Crippen molar-refractivity contribution >= 4 is 5.91 Å². The molecule has 0 aromatic rings. The average molecular weight is 151 g/mol. The summed E-state index contributed by atoms with van der Waals surface area (Å²) < 4.78 is 0. The SMILES string of the molecule is CC#CC(=O)N1CCC[C@H]1C. The Bertz CT molecular complexity index is 211. The van der Waals surface area contributed by atoms with Gasteiger partial charge in [-0.25, -0.2) is 0 Å². The summed E-state index contributed by atoms with van der Waals surface area (Å²) in [6, 6.07) is 0.392. The van der Waals surface area contributed by atoms with E-state index < -0.39 is 0 Å². The molecule has 1 aliphatic heterocycles. The highest BCUT2D eigenvalue weighted by atomic mass is 16.2. The summed E-state index contributed by atoms with van der Waals surface area (Å²) in [6.45, 7) is 4.65. The number of hydrogen-bond acceptors (Lipinski definition) is 1. The van der Waals surface area contributed by atoms with Gasteiger partial charge in [-0.05, 0) is 32.6 Å². The van der Waals surface area contributed by atoms with Crippen LogP contribution in [0.4, 0.5) is 0 Å². The number of rotatable bonds is 0. The molecule has 0 unspecified atom stereocenters. The van der Waals surface area contributed by atoms with E-state index in [-0.39, 0.29) is 5.91 Å². The zero-order chi connectivity index (χ0) is 8.27. The quantitative estimate of drug-likeness (QED) is 0.473. The Kier molecular flexibility index (Phi) is 2.53. The van der Waals surface area contributed by atoms with Crippen LogP contribution in [0.2, 0.25) is 0 Å². The summed E-state index contributed by atoms with van der Waals surface area (Å²) in [7, 11) is 0. The minimum absolute atomic E-state index is 0.0162. The Morgan fingerprint density at radius 1 is 1.64 bits per heavy atom. The van der Waals surface area contributed by atoms with Crippen LogP contribution in [-0.4, -0.2) is 23.4 Å². The van der Waals surface area contributed by atoms with Crippen molar-refractivity contribution in [3.63, 3.8) is 0 Å². The molecule has 0 aliphatic carbocycles. The first-order chi connectivity index (χ1) is 5.25. The topological polar surface area (TPSA) is 20.3 Å². The van der Waals surface area contributed by atoms with Gasteiger partial charge in [-0.1, -0.05) is 5.92 Å². The van der Waals surface area contributed by atoms with Crippen molar-refractivity contribution < 1.29 is 4.79 Å². The van der Waals surface area contributed by atoms with Gasteiger partial charge in [-0.15, -0.1) is 0 Å². The molecule has 0 spiro atoms. The van der Waals surface area contributed by atoms with E-state index in [2.05, 4.69) is 18.8 Å². The second-order valence-electron chi connectivity index (χ2n) is 2.86. The molecule has 1 atom stereocenters. The van der Waals surface area contributed by atoms with E-state index in [1.165, 1.54) is 0 Å². The average Bonchev–Trinajstić information content (AvgIpc) is 2.36. The molecule has 1 heterocycles. The van der Waals surface area contributed by atoms with E-state index in [1.54, 1.807) is 6.92 Å². The minimum Gasteiger partial charge on any atom is -0.329 e. The van der Waals surface area contributed by atoms with E-state index in [0.717, 1.165) is 19.4 Å². The van der Waals surface area contributed by atoms with E-state index in [9.17, 15) is 4.79 Å². The Balaban J connectivity index is 2.57. The van der Waals surface area contributed by atoms with Crippen molar-refractivity contribution in [1.29, 1.82) is 0 Å². The minimum atomic E-state index is -0.0162. The monoisotopic (exact) mass is 151 g/mol. The lowest BCUT2D eigenvalue weighted by Gasteiger charge is -2.17. The standard InChI is InChI=1S/C9H13NO/c1-3-5-9(11)10-7-4-6-8(10)2/h8H,4,6-7H2,1-2H3/t8-/m1/s1. The highest BCUT2D eigenvalue weighted by molar-refractivity contribution is 5.93. The molecule has 2 heteroatoms. The fourth-order valence-electron chi connectivity index (χ4n) is 1.41. The van der Waals surface area contributed by atoms with Crippen LogP contribution in [0.3, 0.4) is 0 Å². The number of hydrogen-bond donors (Lipinski definition) is 0. The molecule has 0 radical (unpaired) electrons. The van der Waals surface area contributed by atoms with Crippen molar-refractivity contribution in [2.24, 2.45) is 0 Å². The van der Waals surface area contributed by atoms with Crippen molar-refractivity contribution in [3.8, 4) is 11.8 Å². The first-order valence-electron chi connectivity index (χ1n) is 3.99. The van der Waals surface area contributed by atoms with Gasteiger partial charge in [-0.3, -0.25) is 4.79 Å². The van der Waals surface area contributed by atoms with Gasteiger partial charge in [0.05, 0.1) is 0 Å². The molecule has 0 aromatic carbocycles. The number of amides is 1. The van der Waals surface area contributed by atoms with E-state index in [1.807, 2.05) is 4.90 Å². The second-order valence-corrected chi connectivity index (χ2v) is 2.86. The zero-order valence-electron chi connectivity index (χ0n) is 7.05. The molecular formula is C9H13NO. The molecule has 1 fully saturated rings. The fraction of sp³-hybridized carbons (Fsp3) is 0.667. The number of likely N-dealkylation sites (tertiary alicyclic amines) is 1. The van der Waals surface area contributed by atoms with Gasteiger partial charge < -0.3 is 4.90 Å². The number of nitrogens with zero attached hydrogens (tertiary/aromatic N) is 1. The first kappa shape index (κ1) is 8.13. The molecule has 11 heavy (non-hydrogen) atoms. The predicted molar refractivity (Wildman–Crippen MR) is 43.9 cm³/mol. The molecule has 1 aliphatic rings. The van der Waals surface area contributed by atoms with Gasteiger partial charge in [-0.2, -0.15) is 0 Å². The van der Waals surface area contributed by atoms with Crippen LogP contribution in [0.25, 0.3) is 0 Å². The highest BCUT2D eigenvalue weighted by Crippen LogP contribution is 2.15. The lowest BCUT2D eigenvalue weighted by atomic mass is 10.2. The third-order valence-electron chi connectivity index (χ3n) is 2.05. The molecule has 1 saturated heterocycles. The maximum Gasteiger partial charge on any atom is 0.298 e. The number of carbonyl (C=O) groups is 1. The summed E-state index contributed by atoms with van der Waals surface area (Å²) >= 11 is 0. The molecule has 2 nitrogen and oxygen atoms in total. The van der Waals surface area contributed by atoms with Gasteiger partial charge >= 0.3 is 0 Å². The summed E-state index contributed by atoms with van der Waals surface area (Å²) in [5, 5.41) is 0. The smallest absolute Gasteiger partial charge is 0.298 e. The highest BCUT2D eigenvalue weighted by Gasteiger charge is 2.23. The van der Waals surface area contributed by atoms with Crippen LogP contribution in [0.15, 0.2) is 0 Å². The molecule has 0 aromatic heterocycles. The molecule has 1 rings (SSSR count). The van der Waals surface area contributed by atoms with Crippen molar-refractivity contribution in [3.05, 3.63) is 0 Å². The lowest BCUT2D eigenvalue weighted by molar-refractivity contribution is -0.125. The van der Waals surface area contributed by atoms with Crippen LogP contribution >= 0.6 is 0 Å².